The molecule has 0 atom stereocenters. The summed E-state index contributed by atoms with van der Waals surface area (Å²) in [6.07, 6.45) is 1.12. The Bertz CT molecular complexity index is 563. The number of anilines is 1. The third-order valence-corrected chi connectivity index (χ3v) is 3.47. The standard InChI is InChI=1S/C17H23FN2O/c1-4-9-19-11-14-10-17(21-13(14)2)12-20(3)16-7-5-15(18)6-8-16/h5-8,10,19H,4,9,11-12H2,1-3H3. The van der Waals surface area contributed by atoms with Gasteiger partial charge in [-0.2, -0.15) is 0 Å². The lowest BCUT2D eigenvalue weighted by molar-refractivity contribution is 0.477. The van der Waals surface area contributed by atoms with E-state index in [0.29, 0.717) is 6.54 Å². The van der Waals surface area contributed by atoms with E-state index >= 15 is 0 Å². The van der Waals surface area contributed by atoms with Gasteiger partial charge in [0.1, 0.15) is 17.3 Å². The highest BCUT2D eigenvalue weighted by molar-refractivity contribution is 5.45. The minimum Gasteiger partial charge on any atom is -0.464 e. The van der Waals surface area contributed by atoms with E-state index in [0.717, 1.165) is 36.7 Å². The molecule has 0 unspecified atom stereocenters. The molecular weight excluding hydrogens is 267 g/mol. The molecule has 0 aliphatic carbocycles. The Morgan fingerprint density at radius 1 is 1.24 bits per heavy atom. The fourth-order valence-corrected chi connectivity index (χ4v) is 2.26. The molecule has 0 fully saturated rings. The molecule has 0 spiro atoms. The molecule has 0 saturated heterocycles. The van der Waals surface area contributed by atoms with Gasteiger partial charge in [0, 0.05) is 24.8 Å². The van der Waals surface area contributed by atoms with Gasteiger partial charge in [-0.25, -0.2) is 4.39 Å². The fourth-order valence-electron chi connectivity index (χ4n) is 2.26. The van der Waals surface area contributed by atoms with Crippen LogP contribution in [-0.2, 0) is 13.1 Å². The lowest BCUT2D eigenvalue weighted by atomic mass is 10.2. The van der Waals surface area contributed by atoms with Crippen molar-refractivity contribution in [3.05, 3.63) is 53.2 Å². The molecule has 1 aromatic heterocycles. The maximum absolute atomic E-state index is 12.9. The second kappa shape index (κ2) is 7.27. The molecule has 4 heteroatoms. The lowest BCUT2D eigenvalue weighted by Gasteiger charge is -2.17. The highest BCUT2D eigenvalue weighted by atomic mass is 19.1. The largest absolute Gasteiger partial charge is 0.464 e. The number of nitrogens with zero attached hydrogens (tertiary/aromatic N) is 1. The topological polar surface area (TPSA) is 28.4 Å². The lowest BCUT2D eigenvalue weighted by Crippen LogP contribution is -2.16. The first kappa shape index (κ1) is 15.6. The van der Waals surface area contributed by atoms with Crippen LogP contribution in [0.3, 0.4) is 0 Å². The summed E-state index contributed by atoms with van der Waals surface area (Å²) in [5.74, 6) is 1.67. The number of hydrogen-bond donors (Lipinski definition) is 1. The molecule has 1 N–H and O–H groups in total. The van der Waals surface area contributed by atoms with E-state index in [2.05, 4.69) is 18.3 Å². The van der Waals surface area contributed by atoms with E-state index in [4.69, 9.17) is 4.42 Å². The van der Waals surface area contributed by atoms with Crippen LogP contribution in [0, 0.1) is 12.7 Å². The number of halogens is 1. The zero-order valence-corrected chi connectivity index (χ0v) is 12.9. The maximum Gasteiger partial charge on any atom is 0.123 e. The smallest absolute Gasteiger partial charge is 0.123 e. The molecule has 1 aromatic carbocycles. The summed E-state index contributed by atoms with van der Waals surface area (Å²) in [5, 5.41) is 3.38. The molecule has 3 nitrogen and oxygen atoms in total. The van der Waals surface area contributed by atoms with Gasteiger partial charge in [0.15, 0.2) is 0 Å². The average Bonchev–Trinajstić information content (AvgIpc) is 2.80. The van der Waals surface area contributed by atoms with Gasteiger partial charge in [-0.05, 0) is 50.2 Å². The molecule has 1 heterocycles. The summed E-state index contributed by atoms with van der Waals surface area (Å²) >= 11 is 0. The van der Waals surface area contributed by atoms with E-state index < -0.39 is 0 Å². The van der Waals surface area contributed by atoms with E-state index in [-0.39, 0.29) is 5.82 Å². The van der Waals surface area contributed by atoms with Crippen molar-refractivity contribution in [2.24, 2.45) is 0 Å². The number of hydrogen-bond acceptors (Lipinski definition) is 3. The first-order chi connectivity index (χ1) is 10.1. The van der Waals surface area contributed by atoms with Crippen LogP contribution in [0.25, 0.3) is 0 Å². The van der Waals surface area contributed by atoms with Gasteiger partial charge in [0.25, 0.3) is 0 Å². The Morgan fingerprint density at radius 2 is 1.95 bits per heavy atom. The first-order valence-electron chi connectivity index (χ1n) is 7.35. The second-order valence-electron chi connectivity index (χ2n) is 5.30. The van der Waals surface area contributed by atoms with Crippen molar-refractivity contribution in [1.29, 1.82) is 0 Å². The zero-order chi connectivity index (χ0) is 15.2. The Morgan fingerprint density at radius 3 is 2.62 bits per heavy atom. The van der Waals surface area contributed by atoms with Gasteiger partial charge in [-0.15, -0.1) is 0 Å². The Balaban J connectivity index is 1.99. The molecule has 0 aliphatic rings. The van der Waals surface area contributed by atoms with Crippen molar-refractivity contribution < 1.29 is 8.81 Å². The Labute approximate surface area is 125 Å². The van der Waals surface area contributed by atoms with Crippen molar-refractivity contribution >= 4 is 5.69 Å². The van der Waals surface area contributed by atoms with Crippen LogP contribution in [-0.4, -0.2) is 13.6 Å². The van der Waals surface area contributed by atoms with Gasteiger partial charge < -0.3 is 14.6 Å². The van der Waals surface area contributed by atoms with Gasteiger partial charge >= 0.3 is 0 Å². The minimum absolute atomic E-state index is 0.217. The fraction of sp³-hybridized carbons (Fsp3) is 0.412. The monoisotopic (exact) mass is 290 g/mol. The number of rotatable bonds is 7. The van der Waals surface area contributed by atoms with Crippen LogP contribution in [0.1, 0.15) is 30.4 Å². The molecular formula is C17H23FN2O. The number of furan rings is 1. The predicted octanol–water partition coefficient (Wildman–Crippen LogP) is 3.86. The summed E-state index contributed by atoms with van der Waals surface area (Å²) in [7, 11) is 1.97. The van der Waals surface area contributed by atoms with Crippen molar-refractivity contribution in [3.8, 4) is 0 Å². The normalized spacial score (nSPS) is 10.9. The average molecular weight is 290 g/mol. The van der Waals surface area contributed by atoms with E-state index in [9.17, 15) is 4.39 Å². The van der Waals surface area contributed by atoms with Crippen LogP contribution in [0.2, 0.25) is 0 Å². The molecule has 114 valence electrons. The number of benzene rings is 1. The molecule has 21 heavy (non-hydrogen) atoms. The maximum atomic E-state index is 12.9. The highest BCUT2D eigenvalue weighted by Crippen LogP contribution is 2.20. The summed E-state index contributed by atoms with van der Waals surface area (Å²) in [5.41, 5.74) is 2.17. The first-order valence-corrected chi connectivity index (χ1v) is 7.35. The van der Waals surface area contributed by atoms with Crippen molar-refractivity contribution in [2.45, 2.75) is 33.4 Å². The zero-order valence-electron chi connectivity index (χ0n) is 12.9. The van der Waals surface area contributed by atoms with Gasteiger partial charge in [0.2, 0.25) is 0 Å². The van der Waals surface area contributed by atoms with Gasteiger partial charge in [-0.1, -0.05) is 6.92 Å². The molecule has 0 saturated carbocycles. The third kappa shape index (κ3) is 4.33. The molecule has 0 amide bonds. The second-order valence-corrected chi connectivity index (χ2v) is 5.30. The van der Waals surface area contributed by atoms with Crippen LogP contribution in [0.4, 0.5) is 10.1 Å². The van der Waals surface area contributed by atoms with Gasteiger partial charge in [-0.3, -0.25) is 0 Å². The van der Waals surface area contributed by atoms with Gasteiger partial charge in [0.05, 0.1) is 6.54 Å². The molecule has 0 aliphatic heterocycles. The third-order valence-electron chi connectivity index (χ3n) is 3.47. The SMILES string of the molecule is CCCNCc1cc(CN(C)c2ccc(F)cc2)oc1C. The van der Waals surface area contributed by atoms with Crippen LogP contribution >= 0.6 is 0 Å². The Kier molecular flexibility index (Phi) is 5.39. The van der Waals surface area contributed by atoms with E-state index in [1.165, 1.54) is 17.7 Å². The van der Waals surface area contributed by atoms with Crippen LogP contribution in [0.15, 0.2) is 34.7 Å². The quantitative estimate of drug-likeness (QED) is 0.785. The van der Waals surface area contributed by atoms with E-state index in [1.54, 1.807) is 12.1 Å². The van der Waals surface area contributed by atoms with Crippen LogP contribution < -0.4 is 10.2 Å². The molecule has 0 bridgehead atoms. The predicted molar refractivity (Wildman–Crippen MR) is 83.9 cm³/mol. The minimum atomic E-state index is -0.217. The number of nitrogens with one attached hydrogen (secondary N) is 1. The molecule has 0 radical (unpaired) electrons. The van der Waals surface area contributed by atoms with Crippen LogP contribution in [0.5, 0.6) is 0 Å². The highest BCUT2D eigenvalue weighted by Gasteiger charge is 2.10. The van der Waals surface area contributed by atoms with Crippen molar-refractivity contribution in [3.63, 3.8) is 0 Å². The molecule has 2 aromatic rings. The summed E-state index contributed by atoms with van der Waals surface area (Å²) in [4.78, 5) is 2.04. The summed E-state index contributed by atoms with van der Waals surface area (Å²) in [6, 6.07) is 8.58. The van der Waals surface area contributed by atoms with Crippen molar-refractivity contribution in [2.75, 3.05) is 18.5 Å². The summed E-state index contributed by atoms with van der Waals surface area (Å²) < 4.78 is 18.7. The Hall–Kier alpha value is -1.81. The van der Waals surface area contributed by atoms with E-state index in [1.807, 2.05) is 18.9 Å². The number of aryl methyl sites for hydroxylation is 1. The summed E-state index contributed by atoms with van der Waals surface area (Å²) in [6.45, 7) is 6.65. The van der Waals surface area contributed by atoms with Crippen molar-refractivity contribution in [1.82, 2.24) is 5.32 Å². The molecule has 2 rings (SSSR count).